The van der Waals surface area contributed by atoms with Gasteiger partial charge in [-0.1, -0.05) is 0 Å². The van der Waals surface area contributed by atoms with Gasteiger partial charge in [0.05, 0.1) is 12.6 Å². The maximum absolute atomic E-state index is 11.4. The lowest BCUT2D eigenvalue weighted by Crippen LogP contribution is -2.31. The smallest absolute Gasteiger partial charge is 0.323 e. The van der Waals surface area contributed by atoms with Crippen LogP contribution in [0, 0.1) is 0 Å². The first-order valence-electron chi connectivity index (χ1n) is 5.94. The van der Waals surface area contributed by atoms with Crippen LogP contribution in [0.15, 0.2) is 17.8 Å². The average Bonchev–Trinajstić information content (AvgIpc) is 3.07. The summed E-state index contributed by atoms with van der Waals surface area (Å²) < 4.78 is 11.5. The summed E-state index contributed by atoms with van der Waals surface area (Å²) in [6.07, 6.45) is 2.00. The molecule has 3 rings (SSSR count). The molecule has 0 aromatic carbocycles. The van der Waals surface area contributed by atoms with Gasteiger partial charge in [-0.2, -0.15) is 0 Å². The minimum absolute atomic E-state index is 0.0794. The molecule has 0 aliphatic carbocycles. The Bertz CT molecular complexity index is 601. The number of nitrogens with zero attached hydrogens (tertiary/aromatic N) is 2. The van der Waals surface area contributed by atoms with Crippen molar-refractivity contribution in [2.45, 2.75) is 18.6 Å². The van der Waals surface area contributed by atoms with Gasteiger partial charge in [-0.25, -0.2) is 9.97 Å². The largest absolute Gasteiger partial charge is 0.472 e. The van der Waals surface area contributed by atoms with E-state index in [9.17, 15) is 4.79 Å². The van der Waals surface area contributed by atoms with E-state index in [2.05, 4.69) is 15.3 Å². The monoisotopic (exact) mass is 279 g/mol. The van der Waals surface area contributed by atoms with Gasteiger partial charge in [0, 0.05) is 13.0 Å². The molecule has 0 radical (unpaired) electrons. The van der Waals surface area contributed by atoms with E-state index in [0.717, 1.165) is 10.2 Å². The zero-order valence-corrected chi connectivity index (χ0v) is 11.1. The molecule has 0 saturated carbocycles. The number of hydrogen-bond donors (Lipinski definition) is 1. The van der Waals surface area contributed by atoms with Crippen LogP contribution < -0.4 is 10.1 Å². The van der Waals surface area contributed by atoms with Crippen LogP contribution in [0.3, 0.4) is 0 Å². The second kappa shape index (κ2) is 5.10. The zero-order valence-electron chi connectivity index (χ0n) is 10.3. The lowest BCUT2D eigenvalue weighted by Gasteiger charge is -2.12. The number of esters is 1. The van der Waals surface area contributed by atoms with Crippen molar-refractivity contribution in [2.24, 2.45) is 0 Å². The summed E-state index contributed by atoms with van der Waals surface area (Å²) in [5, 5.41) is 5.03. The molecule has 1 aliphatic rings. The third kappa shape index (κ3) is 2.39. The Kier molecular flexibility index (Phi) is 3.31. The first-order valence-corrected chi connectivity index (χ1v) is 6.82. The number of nitrogens with one attached hydrogen (secondary N) is 1. The normalized spacial score (nSPS) is 22.6. The first kappa shape index (κ1) is 12.3. The molecule has 1 saturated heterocycles. The van der Waals surface area contributed by atoms with Crippen molar-refractivity contribution in [1.82, 2.24) is 15.3 Å². The molecule has 0 spiro atoms. The maximum Gasteiger partial charge on any atom is 0.323 e. The van der Waals surface area contributed by atoms with Crippen LogP contribution in [0.25, 0.3) is 10.2 Å². The summed E-state index contributed by atoms with van der Waals surface area (Å²) in [6, 6.07) is 1.63. The zero-order chi connectivity index (χ0) is 13.2. The van der Waals surface area contributed by atoms with Crippen LogP contribution in [0.5, 0.6) is 5.88 Å². The van der Waals surface area contributed by atoms with Crippen molar-refractivity contribution in [3.8, 4) is 5.88 Å². The topological polar surface area (TPSA) is 73.3 Å². The van der Waals surface area contributed by atoms with Crippen molar-refractivity contribution in [1.29, 1.82) is 0 Å². The quantitative estimate of drug-likeness (QED) is 0.844. The summed E-state index contributed by atoms with van der Waals surface area (Å²) in [6.45, 7) is 0.608. The molecule has 1 aliphatic heterocycles. The standard InChI is InChI=1S/C12H13N3O3S/c1-17-12(16)9-4-7(5-13-9)18-11-10-8(2-3-19-10)14-6-15-11/h2-3,6-7,9,13H,4-5H2,1H3. The third-order valence-corrected chi connectivity index (χ3v) is 3.96. The van der Waals surface area contributed by atoms with Crippen LogP contribution in [0.4, 0.5) is 0 Å². The minimum atomic E-state index is -0.296. The van der Waals surface area contributed by atoms with Gasteiger partial charge in [0.15, 0.2) is 0 Å². The van der Waals surface area contributed by atoms with Gasteiger partial charge in [-0.05, 0) is 11.4 Å². The molecule has 2 aromatic heterocycles. The Morgan fingerprint density at radius 3 is 3.26 bits per heavy atom. The summed E-state index contributed by atoms with van der Waals surface area (Å²) >= 11 is 1.55. The maximum atomic E-state index is 11.4. The molecular formula is C12H13N3O3S. The summed E-state index contributed by atoms with van der Waals surface area (Å²) in [5.74, 6) is 0.326. The van der Waals surface area contributed by atoms with Gasteiger partial charge in [0.1, 0.15) is 23.2 Å². The highest BCUT2D eigenvalue weighted by atomic mass is 32.1. The second-order valence-electron chi connectivity index (χ2n) is 4.27. The third-order valence-electron chi connectivity index (χ3n) is 3.07. The second-order valence-corrected chi connectivity index (χ2v) is 5.19. The predicted molar refractivity (Wildman–Crippen MR) is 70.3 cm³/mol. The fraction of sp³-hybridized carbons (Fsp3) is 0.417. The molecule has 7 heteroatoms. The van der Waals surface area contributed by atoms with Crippen LogP contribution >= 0.6 is 11.3 Å². The molecule has 0 bridgehead atoms. The Balaban J connectivity index is 1.73. The van der Waals surface area contributed by atoms with Gasteiger partial charge >= 0.3 is 5.97 Å². The lowest BCUT2D eigenvalue weighted by molar-refractivity contribution is -0.142. The summed E-state index contributed by atoms with van der Waals surface area (Å²) in [7, 11) is 1.39. The number of methoxy groups -OCH3 is 1. The molecule has 19 heavy (non-hydrogen) atoms. The van der Waals surface area contributed by atoms with Crippen molar-refractivity contribution in [3.63, 3.8) is 0 Å². The van der Waals surface area contributed by atoms with Gasteiger partial charge in [0.25, 0.3) is 0 Å². The number of hydrogen-bond acceptors (Lipinski definition) is 7. The molecule has 2 unspecified atom stereocenters. The van der Waals surface area contributed by atoms with Crippen molar-refractivity contribution in [2.75, 3.05) is 13.7 Å². The van der Waals surface area contributed by atoms with E-state index in [4.69, 9.17) is 9.47 Å². The van der Waals surface area contributed by atoms with Crippen LogP contribution in [0.2, 0.25) is 0 Å². The molecule has 2 atom stereocenters. The number of thiophene rings is 1. The minimum Gasteiger partial charge on any atom is -0.472 e. The number of carbonyl (C=O) groups excluding carboxylic acids is 1. The van der Waals surface area contributed by atoms with E-state index >= 15 is 0 Å². The molecule has 2 aromatic rings. The van der Waals surface area contributed by atoms with E-state index < -0.39 is 0 Å². The molecular weight excluding hydrogens is 266 g/mol. The highest BCUT2D eigenvalue weighted by molar-refractivity contribution is 7.17. The van der Waals surface area contributed by atoms with E-state index in [1.165, 1.54) is 13.4 Å². The number of fused-ring (bicyclic) bond motifs is 1. The number of ether oxygens (including phenoxy) is 2. The molecule has 1 fully saturated rings. The summed E-state index contributed by atoms with van der Waals surface area (Å²) in [5.41, 5.74) is 0.880. The number of rotatable bonds is 3. The van der Waals surface area contributed by atoms with Gasteiger partial charge in [-0.3, -0.25) is 4.79 Å². The van der Waals surface area contributed by atoms with E-state index in [0.29, 0.717) is 18.8 Å². The lowest BCUT2D eigenvalue weighted by atomic mass is 10.2. The number of carbonyl (C=O) groups is 1. The highest BCUT2D eigenvalue weighted by Crippen LogP contribution is 2.28. The fourth-order valence-corrected chi connectivity index (χ4v) is 2.90. The predicted octanol–water partition coefficient (Wildman–Crippen LogP) is 0.974. The fourth-order valence-electron chi connectivity index (χ4n) is 2.12. The number of aromatic nitrogens is 2. The van der Waals surface area contributed by atoms with E-state index in [-0.39, 0.29) is 18.1 Å². The Hall–Kier alpha value is -1.73. The molecule has 100 valence electrons. The SMILES string of the molecule is COC(=O)C1CC(Oc2ncnc3ccsc23)CN1. The summed E-state index contributed by atoms with van der Waals surface area (Å²) in [4.78, 5) is 19.7. The molecule has 6 nitrogen and oxygen atoms in total. The molecule has 0 amide bonds. The average molecular weight is 279 g/mol. The van der Waals surface area contributed by atoms with Crippen LogP contribution in [0.1, 0.15) is 6.42 Å². The van der Waals surface area contributed by atoms with Crippen LogP contribution in [-0.4, -0.2) is 41.7 Å². The van der Waals surface area contributed by atoms with Crippen molar-refractivity contribution in [3.05, 3.63) is 17.8 Å². The Morgan fingerprint density at radius 2 is 2.42 bits per heavy atom. The van der Waals surface area contributed by atoms with Gasteiger partial charge in [0.2, 0.25) is 5.88 Å². The van der Waals surface area contributed by atoms with Crippen LogP contribution in [-0.2, 0) is 9.53 Å². The van der Waals surface area contributed by atoms with Crippen molar-refractivity contribution >= 4 is 27.5 Å². The van der Waals surface area contributed by atoms with E-state index in [1.807, 2.05) is 11.4 Å². The Labute approximate surface area is 113 Å². The Morgan fingerprint density at radius 1 is 1.53 bits per heavy atom. The van der Waals surface area contributed by atoms with Crippen molar-refractivity contribution < 1.29 is 14.3 Å². The highest BCUT2D eigenvalue weighted by Gasteiger charge is 2.31. The molecule has 3 heterocycles. The first-order chi connectivity index (χ1) is 9.28. The van der Waals surface area contributed by atoms with Gasteiger partial charge in [-0.15, -0.1) is 11.3 Å². The van der Waals surface area contributed by atoms with E-state index in [1.54, 1.807) is 11.3 Å². The van der Waals surface area contributed by atoms with Gasteiger partial charge < -0.3 is 14.8 Å². The molecule has 1 N–H and O–H groups in total.